The molecular weight excluding hydrogens is 390 g/mol. The molecule has 3 heterocycles. The van der Waals surface area contributed by atoms with Crippen LogP contribution in [0, 0.1) is 6.92 Å². The summed E-state index contributed by atoms with van der Waals surface area (Å²) in [6, 6.07) is 11.4. The molecule has 0 unspecified atom stereocenters. The Morgan fingerprint density at radius 3 is 2.74 bits per heavy atom. The Hall–Kier alpha value is -3.74. The first-order valence-electron chi connectivity index (χ1n) is 10.3. The second-order valence-electron chi connectivity index (χ2n) is 7.64. The second kappa shape index (κ2) is 8.95. The fourth-order valence-electron chi connectivity index (χ4n) is 3.79. The van der Waals surface area contributed by atoms with Crippen LogP contribution in [0.15, 0.2) is 54.9 Å². The van der Waals surface area contributed by atoms with Gasteiger partial charge in [0.15, 0.2) is 0 Å². The van der Waals surface area contributed by atoms with Crippen molar-refractivity contribution in [3.05, 3.63) is 88.5 Å². The molecule has 3 aromatic rings. The van der Waals surface area contributed by atoms with E-state index < -0.39 is 0 Å². The van der Waals surface area contributed by atoms with Gasteiger partial charge in [0.05, 0.1) is 0 Å². The van der Waals surface area contributed by atoms with Gasteiger partial charge in [0.1, 0.15) is 5.69 Å². The molecule has 0 spiro atoms. The summed E-state index contributed by atoms with van der Waals surface area (Å²) in [5.41, 5.74) is 5.54. The second-order valence-corrected chi connectivity index (χ2v) is 7.64. The minimum atomic E-state index is -0.149. The van der Waals surface area contributed by atoms with Gasteiger partial charge < -0.3 is 10.2 Å². The quantitative estimate of drug-likeness (QED) is 0.650. The highest BCUT2D eigenvalue weighted by atomic mass is 16.2. The molecule has 1 aliphatic rings. The lowest BCUT2D eigenvalue weighted by Gasteiger charge is -2.30. The number of hydrogen-bond acceptors (Lipinski definition) is 4. The topological polar surface area (TPSA) is 80.1 Å². The lowest BCUT2D eigenvalue weighted by Crippen LogP contribution is -2.37. The van der Waals surface area contributed by atoms with Crippen molar-refractivity contribution >= 4 is 17.9 Å². The molecule has 1 aromatic carbocycles. The third-order valence-electron chi connectivity index (χ3n) is 5.48. The number of nitrogens with one attached hydrogen (secondary N) is 1. The minimum absolute atomic E-state index is 0.0762. The summed E-state index contributed by atoms with van der Waals surface area (Å²) in [7, 11) is 1.80. The van der Waals surface area contributed by atoms with Crippen molar-refractivity contribution < 1.29 is 9.59 Å². The maximum atomic E-state index is 12.7. The van der Waals surface area contributed by atoms with Gasteiger partial charge in [-0.2, -0.15) is 5.10 Å². The van der Waals surface area contributed by atoms with Crippen LogP contribution in [0.5, 0.6) is 0 Å². The summed E-state index contributed by atoms with van der Waals surface area (Å²) in [5.74, 6) is -0.226. The summed E-state index contributed by atoms with van der Waals surface area (Å²) in [6.07, 6.45) is 7.66. The van der Waals surface area contributed by atoms with E-state index in [0.717, 1.165) is 28.8 Å². The number of aryl methyl sites for hydroxylation is 2. The van der Waals surface area contributed by atoms with E-state index in [0.29, 0.717) is 25.3 Å². The van der Waals surface area contributed by atoms with E-state index in [-0.39, 0.29) is 11.8 Å². The third kappa shape index (κ3) is 4.71. The van der Waals surface area contributed by atoms with Crippen LogP contribution in [-0.2, 0) is 31.4 Å². The Labute approximate surface area is 181 Å². The van der Waals surface area contributed by atoms with Gasteiger partial charge in [-0.15, -0.1) is 0 Å². The fraction of sp³-hybridized carbons (Fsp3) is 0.250. The highest BCUT2D eigenvalue weighted by Crippen LogP contribution is 2.24. The van der Waals surface area contributed by atoms with Crippen molar-refractivity contribution in [1.29, 1.82) is 0 Å². The highest BCUT2D eigenvalue weighted by Gasteiger charge is 2.25. The first-order valence-corrected chi connectivity index (χ1v) is 10.3. The van der Waals surface area contributed by atoms with Crippen LogP contribution >= 0.6 is 0 Å². The van der Waals surface area contributed by atoms with Gasteiger partial charge in [0.2, 0.25) is 5.91 Å². The van der Waals surface area contributed by atoms with E-state index in [1.807, 2.05) is 43.5 Å². The summed E-state index contributed by atoms with van der Waals surface area (Å²) in [6.45, 7) is 3.47. The molecule has 0 atom stereocenters. The molecule has 1 aliphatic heterocycles. The van der Waals surface area contributed by atoms with Crippen molar-refractivity contribution in [2.45, 2.75) is 26.4 Å². The maximum Gasteiger partial charge on any atom is 0.274 e. The number of hydrogen-bond donors (Lipinski definition) is 1. The van der Waals surface area contributed by atoms with Gasteiger partial charge in [0.25, 0.3) is 5.91 Å². The molecule has 0 radical (unpaired) electrons. The van der Waals surface area contributed by atoms with Gasteiger partial charge >= 0.3 is 0 Å². The number of carbonyl (C=O) groups excluding carboxylic acids is 2. The van der Waals surface area contributed by atoms with Crippen LogP contribution in [0.3, 0.4) is 0 Å². The fourth-order valence-corrected chi connectivity index (χ4v) is 3.79. The van der Waals surface area contributed by atoms with Crippen LogP contribution in [0.1, 0.15) is 38.4 Å². The molecule has 31 heavy (non-hydrogen) atoms. The zero-order valence-electron chi connectivity index (χ0n) is 17.7. The Balaban J connectivity index is 1.44. The summed E-state index contributed by atoms with van der Waals surface area (Å²) >= 11 is 0. The highest BCUT2D eigenvalue weighted by molar-refractivity contribution is 5.92. The Morgan fingerprint density at radius 1 is 1.19 bits per heavy atom. The molecule has 0 bridgehead atoms. The van der Waals surface area contributed by atoms with Crippen LogP contribution in [0.25, 0.3) is 6.08 Å². The van der Waals surface area contributed by atoms with Crippen molar-refractivity contribution in [1.82, 2.24) is 25.0 Å². The van der Waals surface area contributed by atoms with Crippen molar-refractivity contribution in [3.63, 3.8) is 0 Å². The summed E-state index contributed by atoms with van der Waals surface area (Å²) in [4.78, 5) is 31.3. The van der Waals surface area contributed by atoms with Crippen LogP contribution in [-0.4, -0.2) is 38.0 Å². The SMILES string of the molecule is Cc1ncc2c(c1CNC(=O)C=Cc1ccccc1)CCN(C(=O)c1ccn(C)n1)C2. The summed E-state index contributed by atoms with van der Waals surface area (Å²) < 4.78 is 1.63. The Morgan fingerprint density at radius 2 is 2.00 bits per heavy atom. The molecule has 158 valence electrons. The lowest BCUT2D eigenvalue weighted by molar-refractivity contribution is -0.116. The molecule has 2 aromatic heterocycles. The predicted molar refractivity (Wildman–Crippen MR) is 118 cm³/mol. The average molecular weight is 415 g/mol. The van der Waals surface area contributed by atoms with Crippen LogP contribution in [0.4, 0.5) is 0 Å². The van der Waals surface area contributed by atoms with Gasteiger partial charge in [-0.25, -0.2) is 0 Å². The van der Waals surface area contributed by atoms with E-state index in [1.54, 1.807) is 41.0 Å². The smallest absolute Gasteiger partial charge is 0.274 e. The molecule has 7 nitrogen and oxygen atoms in total. The van der Waals surface area contributed by atoms with E-state index in [2.05, 4.69) is 15.4 Å². The molecule has 0 aliphatic carbocycles. The minimum Gasteiger partial charge on any atom is -0.348 e. The molecular formula is C24H25N5O2. The number of amides is 2. The van der Waals surface area contributed by atoms with E-state index in [1.165, 1.54) is 5.56 Å². The number of nitrogens with zero attached hydrogens (tertiary/aromatic N) is 4. The molecule has 0 fully saturated rings. The van der Waals surface area contributed by atoms with E-state index in [9.17, 15) is 9.59 Å². The van der Waals surface area contributed by atoms with Crippen molar-refractivity contribution in [2.24, 2.45) is 7.05 Å². The first kappa shape index (κ1) is 20.5. The van der Waals surface area contributed by atoms with E-state index in [4.69, 9.17) is 0 Å². The zero-order chi connectivity index (χ0) is 21.8. The van der Waals surface area contributed by atoms with Gasteiger partial charge in [0, 0.05) is 50.8 Å². The predicted octanol–water partition coefficient (Wildman–Crippen LogP) is 2.65. The first-order chi connectivity index (χ1) is 15.0. The lowest BCUT2D eigenvalue weighted by atomic mass is 9.94. The van der Waals surface area contributed by atoms with Gasteiger partial charge in [-0.1, -0.05) is 30.3 Å². The van der Waals surface area contributed by atoms with Crippen molar-refractivity contribution in [3.8, 4) is 0 Å². The number of aromatic nitrogens is 3. The molecule has 1 N–H and O–H groups in total. The number of fused-ring (bicyclic) bond motifs is 1. The number of rotatable bonds is 5. The number of carbonyl (C=O) groups is 2. The third-order valence-corrected chi connectivity index (χ3v) is 5.48. The van der Waals surface area contributed by atoms with E-state index >= 15 is 0 Å². The van der Waals surface area contributed by atoms with Crippen molar-refractivity contribution in [2.75, 3.05) is 6.54 Å². The average Bonchev–Trinajstić information content (AvgIpc) is 3.23. The monoisotopic (exact) mass is 415 g/mol. The summed E-state index contributed by atoms with van der Waals surface area (Å²) in [5, 5.41) is 7.18. The molecule has 0 saturated carbocycles. The normalized spacial score (nSPS) is 13.3. The maximum absolute atomic E-state index is 12.7. The molecule has 0 saturated heterocycles. The standard InChI is InChI=1S/C24H25N5O2/c1-17-21(15-26-23(30)9-8-18-6-4-3-5-7-18)20-10-13-29(16-19(20)14-25-17)24(31)22-11-12-28(2)27-22/h3-9,11-12,14H,10,13,15-16H2,1-2H3,(H,26,30). The van der Waals surface area contributed by atoms with Gasteiger partial charge in [-0.05, 0) is 47.7 Å². The number of benzene rings is 1. The number of pyridine rings is 1. The molecule has 4 rings (SSSR count). The largest absolute Gasteiger partial charge is 0.348 e. The molecule has 7 heteroatoms. The van der Waals surface area contributed by atoms with Crippen LogP contribution in [0.2, 0.25) is 0 Å². The Kier molecular flexibility index (Phi) is 5.93. The van der Waals surface area contributed by atoms with Gasteiger partial charge in [-0.3, -0.25) is 19.3 Å². The molecule has 2 amide bonds. The zero-order valence-corrected chi connectivity index (χ0v) is 17.7. The van der Waals surface area contributed by atoms with Crippen LogP contribution < -0.4 is 5.32 Å². The Bertz CT molecular complexity index is 1130.